The summed E-state index contributed by atoms with van der Waals surface area (Å²) < 4.78 is 16.4. The summed E-state index contributed by atoms with van der Waals surface area (Å²) in [6, 6.07) is 24.4. The Kier molecular flexibility index (Phi) is 9.04. The molecule has 0 aliphatic heterocycles. The van der Waals surface area contributed by atoms with E-state index in [1.54, 1.807) is 31.4 Å². The topological polar surface area (TPSA) is 68.8 Å². The van der Waals surface area contributed by atoms with Crippen molar-refractivity contribution < 1.29 is 19.0 Å². The van der Waals surface area contributed by atoms with Crippen molar-refractivity contribution >= 4 is 28.9 Å². The second kappa shape index (κ2) is 12.4. The molecule has 0 bridgehead atoms. The zero-order valence-electron chi connectivity index (χ0n) is 17.9. The fraction of sp³-hybridized carbons (Fsp3) is 0.200. The van der Waals surface area contributed by atoms with Crippen molar-refractivity contribution in [3.63, 3.8) is 0 Å². The van der Waals surface area contributed by atoms with Crippen molar-refractivity contribution in [2.45, 2.75) is 6.42 Å². The highest BCUT2D eigenvalue weighted by molar-refractivity contribution is 7.80. The summed E-state index contributed by atoms with van der Waals surface area (Å²) in [6.07, 6.45) is 0.791. The maximum absolute atomic E-state index is 12.6. The van der Waals surface area contributed by atoms with Crippen molar-refractivity contribution in [3.05, 3.63) is 90.0 Å². The van der Waals surface area contributed by atoms with Crippen LogP contribution < -0.4 is 20.1 Å². The molecule has 6 nitrogen and oxygen atoms in total. The number of amides is 1. The Bertz CT molecular complexity index is 1030. The lowest BCUT2D eigenvalue weighted by atomic mass is 10.2. The predicted octanol–water partition coefficient (Wildman–Crippen LogP) is 4.46. The number of hydrogen-bond acceptors (Lipinski definition) is 5. The van der Waals surface area contributed by atoms with E-state index in [9.17, 15) is 4.79 Å². The molecule has 7 heteroatoms. The van der Waals surface area contributed by atoms with Crippen LogP contribution in [0.1, 0.15) is 15.9 Å². The van der Waals surface area contributed by atoms with Crippen LogP contribution >= 0.6 is 12.2 Å². The summed E-state index contributed by atoms with van der Waals surface area (Å²) in [7, 11) is 1.62. The molecule has 0 saturated heterocycles. The van der Waals surface area contributed by atoms with E-state index in [0.29, 0.717) is 42.6 Å². The first-order valence-corrected chi connectivity index (χ1v) is 10.7. The largest absolute Gasteiger partial charge is 0.493 e. The van der Waals surface area contributed by atoms with Crippen LogP contribution in [0.25, 0.3) is 0 Å². The SMILES string of the molecule is COCCOc1cccc(NC(=S)NC(=O)c2cccc(OCCc3ccccc3)c2)c1. The van der Waals surface area contributed by atoms with Gasteiger partial charge in [0.15, 0.2) is 5.11 Å². The summed E-state index contributed by atoms with van der Waals surface area (Å²) in [5, 5.41) is 5.88. The van der Waals surface area contributed by atoms with Gasteiger partial charge in [-0.1, -0.05) is 42.5 Å². The lowest BCUT2D eigenvalue weighted by Crippen LogP contribution is -2.34. The zero-order chi connectivity index (χ0) is 22.6. The van der Waals surface area contributed by atoms with Gasteiger partial charge in [0, 0.05) is 30.8 Å². The molecule has 0 saturated carbocycles. The Morgan fingerprint density at radius 3 is 2.34 bits per heavy atom. The molecule has 0 atom stereocenters. The highest BCUT2D eigenvalue weighted by atomic mass is 32.1. The van der Waals surface area contributed by atoms with Crippen molar-refractivity contribution in [1.29, 1.82) is 0 Å². The fourth-order valence-corrected chi connectivity index (χ4v) is 3.11. The van der Waals surface area contributed by atoms with Crippen LogP contribution in [0.3, 0.4) is 0 Å². The molecule has 3 aromatic carbocycles. The average Bonchev–Trinajstić information content (AvgIpc) is 2.80. The number of carbonyl (C=O) groups excluding carboxylic acids is 1. The molecule has 3 aromatic rings. The Morgan fingerprint density at radius 1 is 0.844 bits per heavy atom. The third-order valence-corrected chi connectivity index (χ3v) is 4.68. The van der Waals surface area contributed by atoms with E-state index < -0.39 is 0 Å². The van der Waals surface area contributed by atoms with Crippen molar-refractivity contribution in [3.8, 4) is 11.5 Å². The van der Waals surface area contributed by atoms with Crippen LogP contribution in [-0.4, -0.2) is 38.0 Å². The third-order valence-electron chi connectivity index (χ3n) is 4.47. The molecule has 0 aliphatic rings. The first kappa shape index (κ1) is 23.2. The van der Waals surface area contributed by atoms with E-state index in [0.717, 1.165) is 6.42 Å². The molecule has 0 radical (unpaired) electrons. The molecule has 32 heavy (non-hydrogen) atoms. The number of rotatable bonds is 10. The quantitative estimate of drug-likeness (QED) is 0.351. The van der Waals surface area contributed by atoms with Gasteiger partial charge in [0.2, 0.25) is 0 Å². The average molecular weight is 451 g/mol. The van der Waals surface area contributed by atoms with Gasteiger partial charge in [0.25, 0.3) is 5.91 Å². The van der Waals surface area contributed by atoms with E-state index in [1.807, 2.05) is 42.5 Å². The molecular weight excluding hydrogens is 424 g/mol. The van der Waals surface area contributed by atoms with Gasteiger partial charge in [-0.2, -0.15) is 0 Å². The first-order valence-electron chi connectivity index (χ1n) is 10.2. The Morgan fingerprint density at radius 2 is 1.56 bits per heavy atom. The molecule has 0 heterocycles. The molecule has 1 amide bonds. The number of ether oxygens (including phenoxy) is 3. The summed E-state index contributed by atoms with van der Waals surface area (Å²) >= 11 is 5.28. The zero-order valence-corrected chi connectivity index (χ0v) is 18.7. The monoisotopic (exact) mass is 450 g/mol. The number of carbonyl (C=O) groups is 1. The Labute approximate surface area is 193 Å². The molecule has 166 valence electrons. The normalized spacial score (nSPS) is 10.3. The highest BCUT2D eigenvalue weighted by Crippen LogP contribution is 2.18. The maximum Gasteiger partial charge on any atom is 0.257 e. The molecule has 0 aromatic heterocycles. The highest BCUT2D eigenvalue weighted by Gasteiger charge is 2.10. The summed E-state index contributed by atoms with van der Waals surface area (Å²) in [5.41, 5.74) is 2.37. The predicted molar refractivity (Wildman–Crippen MR) is 130 cm³/mol. The summed E-state index contributed by atoms with van der Waals surface area (Å²) in [5.74, 6) is 0.999. The molecule has 0 spiro atoms. The van der Waals surface area contributed by atoms with Gasteiger partial charge >= 0.3 is 0 Å². The van der Waals surface area contributed by atoms with Crippen molar-refractivity contribution in [1.82, 2.24) is 5.32 Å². The molecular formula is C25H26N2O4S. The minimum atomic E-state index is -0.316. The van der Waals surface area contributed by atoms with Gasteiger partial charge in [-0.3, -0.25) is 10.1 Å². The lowest BCUT2D eigenvalue weighted by molar-refractivity contribution is 0.0977. The third kappa shape index (κ3) is 7.68. The number of methoxy groups -OCH3 is 1. The second-order valence-corrected chi connectivity index (χ2v) is 7.30. The van der Waals surface area contributed by atoms with Crippen LogP contribution in [-0.2, 0) is 11.2 Å². The summed E-state index contributed by atoms with van der Waals surface area (Å²) in [4.78, 5) is 12.6. The van der Waals surface area contributed by atoms with Crippen molar-refractivity contribution in [2.24, 2.45) is 0 Å². The van der Waals surface area contributed by atoms with E-state index in [-0.39, 0.29) is 11.0 Å². The van der Waals surface area contributed by atoms with Crippen LogP contribution in [0.2, 0.25) is 0 Å². The van der Waals surface area contributed by atoms with Gasteiger partial charge in [-0.05, 0) is 48.1 Å². The first-order chi connectivity index (χ1) is 15.6. The molecule has 0 fully saturated rings. The van der Waals surface area contributed by atoms with Gasteiger partial charge in [-0.15, -0.1) is 0 Å². The minimum absolute atomic E-state index is 0.194. The maximum atomic E-state index is 12.6. The standard InChI is InChI=1S/C25H26N2O4S/c1-29-15-16-31-23-12-6-10-21(18-23)26-25(32)27-24(28)20-9-5-11-22(17-20)30-14-13-19-7-3-2-4-8-19/h2-12,17-18H,13-16H2,1H3,(H2,26,27,28,32). The van der Waals surface area contributed by atoms with Crippen LogP contribution in [0.15, 0.2) is 78.9 Å². The molecule has 0 unspecified atom stereocenters. The smallest absolute Gasteiger partial charge is 0.257 e. The molecule has 0 aliphatic carbocycles. The number of thiocarbonyl (C=S) groups is 1. The van der Waals surface area contributed by atoms with E-state index >= 15 is 0 Å². The number of benzene rings is 3. The van der Waals surface area contributed by atoms with Gasteiger partial charge in [0.1, 0.15) is 18.1 Å². The number of nitrogens with one attached hydrogen (secondary N) is 2. The number of anilines is 1. The van der Waals surface area contributed by atoms with E-state index in [4.69, 9.17) is 26.4 Å². The van der Waals surface area contributed by atoms with Crippen LogP contribution in [0.4, 0.5) is 5.69 Å². The summed E-state index contributed by atoms with van der Waals surface area (Å²) in [6.45, 7) is 1.48. The lowest BCUT2D eigenvalue weighted by Gasteiger charge is -2.12. The van der Waals surface area contributed by atoms with E-state index in [1.165, 1.54) is 5.56 Å². The number of hydrogen-bond donors (Lipinski definition) is 2. The van der Waals surface area contributed by atoms with Crippen LogP contribution in [0.5, 0.6) is 11.5 Å². The van der Waals surface area contributed by atoms with E-state index in [2.05, 4.69) is 22.8 Å². The second-order valence-electron chi connectivity index (χ2n) is 6.89. The molecule has 3 rings (SSSR count). The van der Waals surface area contributed by atoms with Crippen molar-refractivity contribution in [2.75, 3.05) is 32.2 Å². The fourth-order valence-electron chi connectivity index (χ4n) is 2.90. The molecule has 2 N–H and O–H groups in total. The van der Waals surface area contributed by atoms with Gasteiger partial charge in [0.05, 0.1) is 13.2 Å². The van der Waals surface area contributed by atoms with Gasteiger partial charge < -0.3 is 19.5 Å². The Hall–Kier alpha value is -3.42. The van der Waals surface area contributed by atoms with Gasteiger partial charge in [-0.25, -0.2) is 0 Å². The Balaban J connectivity index is 1.50. The van der Waals surface area contributed by atoms with Crippen LogP contribution in [0, 0.1) is 0 Å². The minimum Gasteiger partial charge on any atom is -0.493 e.